The average Bonchev–Trinajstić information content (AvgIpc) is 2.75. The Morgan fingerprint density at radius 1 is 1.33 bits per heavy atom. The van der Waals surface area contributed by atoms with Crippen molar-refractivity contribution in [2.24, 2.45) is 4.99 Å². The molecule has 1 heterocycles. The zero-order valence-corrected chi connectivity index (χ0v) is 11.2. The maximum atomic E-state index is 12.4. The number of halogens is 3. The molecular formula is C14H13F3N2O2. The van der Waals surface area contributed by atoms with E-state index in [0.29, 0.717) is 11.3 Å². The Labute approximate surface area is 119 Å². The molecule has 0 aromatic heterocycles. The smallest absolute Gasteiger partial charge is 0.416 e. The molecule has 0 aliphatic carbocycles. The summed E-state index contributed by atoms with van der Waals surface area (Å²) in [6.07, 6.45) is -4.36. The van der Waals surface area contributed by atoms with Gasteiger partial charge in [0.1, 0.15) is 5.76 Å². The van der Waals surface area contributed by atoms with Gasteiger partial charge in [-0.2, -0.15) is 13.2 Å². The second-order valence-corrected chi connectivity index (χ2v) is 4.60. The number of hydrogen-bond donors (Lipinski definition) is 2. The summed E-state index contributed by atoms with van der Waals surface area (Å²) in [6, 6.07) is 4.64. The van der Waals surface area contributed by atoms with Gasteiger partial charge >= 0.3 is 6.18 Å². The minimum atomic E-state index is -4.36. The van der Waals surface area contributed by atoms with E-state index in [4.69, 9.17) is 0 Å². The third-order valence-corrected chi connectivity index (χ3v) is 3.07. The molecule has 0 fully saturated rings. The van der Waals surface area contributed by atoms with Gasteiger partial charge in [0.05, 0.1) is 24.2 Å². The van der Waals surface area contributed by atoms with Crippen LogP contribution in [0, 0.1) is 0 Å². The van der Waals surface area contributed by atoms with E-state index in [9.17, 15) is 23.1 Å². The van der Waals surface area contributed by atoms with Crippen molar-refractivity contribution in [3.8, 4) is 0 Å². The SMILES string of the molecule is CC(=NCc1ccc(C(F)(F)F)cc1)C1=C(O)CNC1=O. The highest BCUT2D eigenvalue weighted by Crippen LogP contribution is 2.29. The molecule has 2 rings (SSSR count). The number of aliphatic hydroxyl groups excluding tert-OH is 1. The van der Waals surface area contributed by atoms with Gasteiger partial charge < -0.3 is 10.4 Å². The van der Waals surface area contributed by atoms with E-state index in [1.54, 1.807) is 6.92 Å². The van der Waals surface area contributed by atoms with Gasteiger partial charge in [0.25, 0.3) is 5.91 Å². The van der Waals surface area contributed by atoms with Gasteiger partial charge in [-0.3, -0.25) is 9.79 Å². The molecule has 0 spiro atoms. The van der Waals surface area contributed by atoms with Crippen LogP contribution in [0.1, 0.15) is 18.1 Å². The number of aliphatic hydroxyl groups is 1. The molecule has 7 heteroatoms. The lowest BCUT2D eigenvalue weighted by atomic mass is 10.1. The zero-order valence-electron chi connectivity index (χ0n) is 11.2. The Morgan fingerprint density at radius 2 is 1.95 bits per heavy atom. The first kappa shape index (κ1) is 15.1. The largest absolute Gasteiger partial charge is 0.510 e. The Bertz CT molecular complexity index is 616. The van der Waals surface area contributed by atoms with E-state index in [0.717, 1.165) is 12.1 Å². The first-order chi connectivity index (χ1) is 9.79. The number of hydrogen-bond acceptors (Lipinski definition) is 3. The van der Waals surface area contributed by atoms with Crippen LogP contribution in [0.15, 0.2) is 40.6 Å². The number of carbonyl (C=O) groups is 1. The molecule has 0 bridgehead atoms. The monoisotopic (exact) mass is 298 g/mol. The van der Waals surface area contributed by atoms with Crippen molar-refractivity contribution >= 4 is 11.6 Å². The van der Waals surface area contributed by atoms with Crippen molar-refractivity contribution in [3.05, 3.63) is 46.7 Å². The first-order valence-corrected chi connectivity index (χ1v) is 6.17. The molecule has 0 atom stereocenters. The highest BCUT2D eigenvalue weighted by molar-refractivity contribution is 6.22. The number of amides is 1. The number of benzene rings is 1. The van der Waals surface area contributed by atoms with Crippen LogP contribution in [-0.2, 0) is 17.5 Å². The Morgan fingerprint density at radius 3 is 2.43 bits per heavy atom. The predicted molar refractivity (Wildman–Crippen MR) is 70.9 cm³/mol. The minimum absolute atomic E-state index is 0.0707. The van der Waals surface area contributed by atoms with Crippen LogP contribution in [0.4, 0.5) is 13.2 Å². The van der Waals surface area contributed by atoms with E-state index in [2.05, 4.69) is 10.3 Å². The van der Waals surface area contributed by atoms with Crippen LogP contribution in [0.3, 0.4) is 0 Å². The highest BCUT2D eigenvalue weighted by atomic mass is 19.4. The van der Waals surface area contributed by atoms with Gasteiger partial charge in [0.2, 0.25) is 0 Å². The summed E-state index contributed by atoms with van der Waals surface area (Å²) in [6.45, 7) is 1.77. The van der Waals surface area contributed by atoms with Crippen molar-refractivity contribution in [2.75, 3.05) is 6.54 Å². The molecule has 0 unspecified atom stereocenters. The molecule has 2 N–H and O–H groups in total. The third-order valence-electron chi connectivity index (χ3n) is 3.07. The lowest BCUT2D eigenvalue weighted by Crippen LogP contribution is -2.20. The molecule has 1 amide bonds. The summed E-state index contributed by atoms with van der Waals surface area (Å²) in [5.74, 6) is -0.477. The van der Waals surface area contributed by atoms with Crippen molar-refractivity contribution in [3.63, 3.8) is 0 Å². The van der Waals surface area contributed by atoms with Crippen molar-refractivity contribution in [1.29, 1.82) is 0 Å². The van der Waals surface area contributed by atoms with Gasteiger partial charge in [-0.25, -0.2) is 0 Å². The van der Waals surface area contributed by atoms with Gasteiger partial charge in [0.15, 0.2) is 0 Å². The summed E-state index contributed by atoms with van der Waals surface area (Å²) in [4.78, 5) is 15.6. The normalized spacial score (nSPS) is 16.4. The molecule has 0 radical (unpaired) electrons. The number of rotatable bonds is 3. The van der Waals surface area contributed by atoms with Crippen molar-refractivity contribution in [2.45, 2.75) is 19.6 Å². The van der Waals surface area contributed by atoms with E-state index in [1.807, 2.05) is 0 Å². The first-order valence-electron chi connectivity index (χ1n) is 6.17. The Hall–Kier alpha value is -2.31. The van der Waals surface area contributed by atoms with Gasteiger partial charge in [-0.15, -0.1) is 0 Å². The maximum absolute atomic E-state index is 12.4. The molecule has 1 aliphatic heterocycles. The number of aliphatic imine (C=N–C) groups is 1. The molecule has 112 valence electrons. The average molecular weight is 298 g/mol. The fraction of sp³-hybridized carbons (Fsp3) is 0.286. The van der Waals surface area contributed by atoms with E-state index >= 15 is 0 Å². The molecule has 21 heavy (non-hydrogen) atoms. The quantitative estimate of drug-likeness (QED) is 0.843. The number of nitrogens with zero attached hydrogens (tertiary/aromatic N) is 1. The fourth-order valence-electron chi connectivity index (χ4n) is 1.93. The third kappa shape index (κ3) is 3.42. The van der Waals surface area contributed by atoms with E-state index < -0.39 is 17.6 Å². The number of nitrogens with one attached hydrogen (secondary N) is 1. The lowest BCUT2D eigenvalue weighted by molar-refractivity contribution is -0.137. The Kier molecular flexibility index (Phi) is 4.02. The molecule has 1 aliphatic rings. The van der Waals surface area contributed by atoms with Crippen LogP contribution >= 0.6 is 0 Å². The summed E-state index contributed by atoms with van der Waals surface area (Å²) in [5, 5.41) is 12.0. The lowest BCUT2D eigenvalue weighted by Gasteiger charge is -2.07. The summed E-state index contributed by atoms with van der Waals surface area (Å²) < 4.78 is 37.3. The number of carbonyl (C=O) groups excluding carboxylic acids is 1. The van der Waals surface area contributed by atoms with Crippen LogP contribution in [-0.4, -0.2) is 23.3 Å². The molecule has 1 aromatic carbocycles. The second kappa shape index (κ2) is 5.59. The minimum Gasteiger partial charge on any atom is -0.510 e. The highest BCUT2D eigenvalue weighted by Gasteiger charge is 2.30. The van der Waals surface area contributed by atoms with Crippen LogP contribution < -0.4 is 5.32 Å². The topological polar surface area (TPSA) is 61.7 Å². The van der Waals surface area contributed by atoms with Crippen LogP contribution in [0.5, 0.6) is 0 Å². The predicted octanol–water partition coefficient (Wildman–Crippen LogP) is 2.61. The van der Waals surface area contributed by atoms with Gasteiger partial charge in [-0.1, -0.05) is 12.1 Å². The summed E-state index contributed by atoms with van der Waals surface area (Å²) >= 11 is 0. The zero-order chi connectivity index (χ0) is 15.6. The van der Waals surface area contributed by atoms with Gasteiger partial charge in [0, 0.05) is 5.71 Å². The number of alkyl halides is 3. The molecule has 1 aromatic rings. The summed E-state index contributed by atoms with van der Waals surface area (Å²) in [7, 11) is 0. The summed E-state index contributed by atoms with van der Waals surface area (Å²) in [5.41, 5.74) is 0.340. The van der Waals surface area contributed by atoms with Crippen LogP contribution in [0.2, 0.25) is 0 Å². The second-order valence-electron chi connectivity index (χ2n) is 4.60. The fourth-order valence-corrected chi connectivity index (χ4v) is 1.93. The van der Waals surface area contributed by atoms with Crippen LogP contribution in [0.25, 0.3) is 0 Å². The standard InChI is InChI=1S/C14H13F3N2O2/c1-8(12-11(20)7-19-13(12)21)18-6-9-2-4-10(5-3-9)14(15,16)17/h2-5,20H,6-7H2,1H3,(H,19,21). The maximum Gasteiger partial charge on any atom is 0.416 e. The van der Waals surface area contributed by atoms with Gasteiger partial charge in [-0.05, 0) is 24.6 Å². The molecule has 4 nitrogen and oxygen atoms in total. The van der Waals surface area contributed by atoms with E-state index in [1.165, 1.54) is 12.1 Å². The van der Waals surface area contributed by atoms with Crippen molar-refractivity contribution < 1.29 is 23.1 Å². The van der Waals surface area contributed by atoms with E-state index in [-0.39, 0.29) is 24.4 Å². The van der Waals surface area contributed by atoms with Crippen molar-refractivity contribution in [1.82, 2.24) is 5.32 Å². The molecule has 0 saturated carbocycles. The molecule has 0 saturated heterocycles. The Balaban J connectivity index is 2.11. The molecular weight excluding hydrogens is 285 g/mol.